The lowest BCUT2D eigenvalue weighted by Crippen LogP contribution is -2.36. The Morgan fingerprint density at radius 3 is 2.62 bits per heavy atom. The number of para-hydroxylation sites is 1. The fraction of sp³-hybridized carbons (Fsp3) is 0.200. The van der Waals surface area contributed by atoms with E-state index < -0.39 is 6.04 Å². The maximum atomic E-state index is 12.4. The average molecular weight is 320 g/mol. The second-order valence-corrected chi connectivity index (χ2v) is 5.84. The van der Waals surface area contributed by atoms with E-state index in [0.717, 1.165) is 30.0 Å². The largest absolute Gasteiger partial charge is 0.360 e. The van der Waals surface area contributed by atoms with Crippen LogP contribution in [0.1, 0.15) is 28.8 Å². The third kappa shape index (κ3) is 3.71. The van der Waals surface area contributed by atoms with Gasteiger partial charge in [0.15, 0.2) is 0 Å². The maximum absolute atomic E-state index is 12.4. The Morgan fingerprint density at radius 1 is 1.08 bits per heavy atom. The molecular formula is C20H20N2O2. The molecule has 4 heteroatoms. The monoisotopic (exact) mass is 320 g/mol. The maximum Gasteiger partial charge on any atom is 0.254 e. The van der Waals surface area contributed by atoms with Crippen molar-refractivity contribution in [3.8, 4) is 0 Å². The van der Waals surface area contributed by atoms with Gasteiger partial charge in [-0.1, -0.05) is 48.5 Å². The molecule has 3 aromatic rings. The lowest BCUT2D eigenvalue weighted by atomic mass is 10.0. The summed E-state index contributed by atoms with van der Waals surface area (Å²) < 4.78 is 0. The average Bonchev–Trinajstić information content (AvgIpc) is 3.06. The van der Waals surface area contributed by atoms with Gasteiger partial charge in [-0.15, -0.1) is 0 Å². The minimum Gasteiger partial charge on any atom is -0.360 e. The van der Waals surface area contributed by atoms with Gasteiger partial charge >= 0.3 is 0 Å². The van der Waals surface area contributed by atoms with E-state index in [1.807, 2.05) is 42.5 Å². The Morgan fingerprint density at radius 2 is 1.83 bits per heavy atom. The highest BCUT2D eigenvalue weighted by Crippen LogP contribution is 2.17. The zero-order chi connectivity index (χ0) is 16.8. The van der Waals surface area contributed by atoms with Crippen LogP contribution in [0.4, 0.5) is 0 Å². The van der Waals surface area contributed by atoms with E-state index in [9.17, 15) is 9.59 Å². The highest BCUT2D eigenvalue weighted by Gasteiger charge is 2.16. The van der Waals surface area contributed by atoms with Crippen LogP contribution in [0.3, 0.4) is 0 Å². The van der Waals surface area contributed by atoms with Crippen LogP contribution in [0.5, 0.6) is 0 Å². The molecule has 0 aliphatic heterocycles. The minimum absolute atomic E-state index is 0.218. The van der Waals surface area contributed by atoms with Crippen LogP contribution in [0.2, 0.25) is 0 Å². The first-order valence-electron chi connectivity index (χ1n) is 8.14. The second kappa shape index (κ2) is 7.59. The molecule has 0 unspecified atom stereocenters. The number of aryl methyl sites for hydroxylation is 1. The van der Waals surface area contributed by atoms with Crippen LogP contribution >= 0.6 is 0 Å². The van der Waals surface area contributed by atoms with Crippen LogP contribution in [-0.2, 0) is 11.2 Å². The second-order valence-electron chi connectivity index (χ2n) is 5.84. The highest BCUT2D eigenvalue weighted by molar-refractivity contribution is 6.07. The number of hydrogen-bond acceptors (Lipinski definition) is 2. The molecule has 2 aromatic carbocycles. The Kier molecular flexibility index (Phi) is 5.06. The van der Waals surface area contributed by atoms with Crippen molar-refractivity contribution in [1.82, 2.24) is 10.3 Å². The Balaban J connectivity index is 1.58. The fourth-order valence-electron chi connectivity index (χ4n) is 2.85. The smallest absolute Gasteiger partial charge is 0.254 e. The standard InChI is InChI=1S/C20H20N2O2/c23-14-16(10-6-9-15-7-2-1-3-8-15)22-20(24)18-13-21-19-12-5-4-11-17(18)19/h1-5,7-8,11-14,16,21H,6,9-10H2,(H,22,24)/t16-/m1/s1. The molecule has 1 heterocycles. The molecule has 0 bridgehead atoms. The third-order valence-corrected chi connectivity index (χ3v) is 4.14. The molecular weight excluding hydrogens is 300 g/mol. The van der Waals surface area contributed by atoms with Gasteiger partial charge in [0.2, 0.25) is 0 Å². The first-order chi connectivity index (χ1) is 11.8. The van der Waals surface area contributed by atoms with Gasteiger partial charge in [0.05, 0.1) is 11.6 Å². The summed E-state index contributed by atoms with van der Waals surface area (Å²) in [6.07, 6.45) is 4.88. The number of H-pyrrole nitrogens is 1. The number of hydrogen-bond donors (Lipinski definition) is 2. The zero-order valence-corrected chi connectivity index (χ0v) is 13.4. The molecule has 0 saturated heterocycles. The summed E-state index contributed by atoms with van der Waals surface area (Å²) in [5.41, 5.74) is 2.72. The topological polar surface area (TPSA) is 62.0 Å². The SMILES string of the molecule is O=C[C@@H](CCCc1ccccc1)NC(=O)c1c[nH]c2ccccc12. The molecule has 3 rings (SSSR count). The van der Waals surface area contributed by atoms with Crippen LogP contribution in [-0.4, -0.2) is 23.2 Å². The van der Waals surface area contributed by atoms with Crippen molar-refractivity contribution in [2.75, 3.05) is 0 Å². The summed E-state index contributed by atoms with van der Waals surface area (Å²) in [7, 11) is 0. The third-order valence-electron chi connectivity index (χ3n) is 4.14. The van der Waals surface area contributed by atoms with Crippen molar-refractivity contribution in [2.45, 2.75) is 25.3 Å². The number of benzene rings is 2. The predicted molar refractivity (Wildman–Crippen MR) is 95.0 cm³/mol. The van der Waals surface area contributed by atoms with E-state index >= 15 is 0 Å². The predicted octanol–water partition coefficient (Wildman–Crippen LogP) is 3.49. The minimum atomic E-state index is -0.463. The van der Waals surface area contributed by atoms with Crippen LogP contribution < -0.4 is 5.32 Å². The van der Waals surface area contributed by atoms with Gasteiger partial charge in [-0.3, -0.25) is 4.79 Å². The lowest BCUT2D eigenvalue weighted by molar-refractivity contribution is -0.109. The molecule has 1 amide bonds. The summed E-state index contributed by atoms with van der Waals surface area (Å²) in [5, 5.41) is 3.69. The van der Waals surface area contributed by atoms with Crippen LogP contribution in [0, 0.1) is 0 Å². The molecule has 24 heavy (non-hydrogen) atoms. The summed E-state index contributed by atoms with van der Waals surface area (Å²) in [6, 6.07) is 17.3. The van der Waals surface area contributed by atoms with E-state index in [1.54, 1.807) is 6.20 Å². The van der Waals surface area contributed by atoms with Gasteiger partial charge in [0, 0.05) is 17.1 Å². The quantitative estimate of drug-likeness (QED) is 0.655. The van der Waals surface area contributed by atoms with Crippen LogP contribution in [0.25, 0.3) is 10.9 Å². The number of fused-ring (bicyclic) bond motifs is 1. The number of carbonyl (C=O) groups excluding carboxylic acids is 2. The normalized spacial score (nSPS) is 12.0. The zero-order valence-electron chi connectivity index (χ0n) is 13.4. The molecule has 0 radical (unpaired) electrons. The first-order valence-corrected chi connectivity index (χ1v) is 8.14. The summed E-state index contributed by atoms with van der Waals surface area (Å²) in [4.78, 5) is 26.8. The van der Waals surface area contributed by atoms with Gasteiger partial charge in [-0.25, -0.2) is 0 Å². The number of amides is 1. The summed E-state index contributed by atoms with van der Waals surface area (Å²) >= 11 is 0. The molecule has 1 atom stereocenters. The number of rotatable bonds is 7. The number of nitrogens with one attached hydrogen (secondary N) is 2. The highest BCUT2D eigenvalue weighted by atomic mass is 16.2. The molecule has 4 nitrogen and oxygen atoms in total. The van der Waals surface area contributed by atoms with E-state index in [2.05, 4.69) is 22.4 Å². The summed E-state index contributed by atoms with van der Waals surface area (Å²) in [5.74, 6) is -0.218. The molecule has 0 aliphatic rings. The van der Waals surface area contributed by atoms with E-state index in [-0.39, 0.29) is 5.91 Å². The first kappa shape index (κ1) is 16.0. The van der Waals surface area contributed by atoms with E-state index in [4.69, 9.17) is 0 Å². The lowest BCUT2D eigenvalue weighted by Gasteiger charge is -2.12. The van der Waals surface area contributed by atoms with E-state index in [0.29, 0.717) is 12.0 Å². The Labute approximate surface area is 140 Å². The number of aromatic amines is 1. The van der Waals surface area contributed by atoms with Gasteiger partial charge in [0.1, 0.15) is 6.29 Å². The van der Waals surface area contributed by atoms with E-state index in [1.165, 1.54) is 5.56 Å². The summed E-state index contributed by atoms with van der Waals surface area (Å²) in [6.45, 7) is 0. The molecule has 0 aliphatic carbocycles. The Bertz CT molecular complexity index is 824. The van der Waals surface area contributed by atoms with Gasteiger partial charge in [-0.2, -0.15) is 0 Å². The van der Waals surface area contributed by atoms with Crippen molar-refractivity contribution in [3.63, 3.8) is 0 Å². The molecule has 0 spiro atoms. The van der Waals surface area contributed by atoms with Gasteiger partial charge in [0.25, 0.3) is 5.91 Å². The molecule has 2 N–H and O–H groups in total. The van der Waals surface area contributed by atoms with Crippen LogP contribution in [0.15, 0.2) is 60.8 Å². The van der Waals surface area contributed by atoms with Crippen molar-refractivity contribution < 1.29 is 9.59 Å². The van der Waals surface area contributed by atoms with Crippen molar-refractivity contribution in [1.29, 1.82) is 0 Å². The molecule has 0 fully saturated rings. The molecule has 0 saturated carbocycles. The van der Waals surface area contributed by atoms with Crippen molar-refractivity contribution >= 4 is 23.1 Å². The van der Waals surface area contributed by atoms with Crippen molar-refractivity contribution in [2.24, 2.45) is 0 Å². The Hall–Kier alpha value is -2.88. The van der Waals surface area contributed by atoms with Crippen molar-refractivity contribution in [3.05, 3.63) is 71.9 Å². The molecule has 122 valence electrons. The number of carbonyl (C=O) groups is 2. The number of aldehydes is 1. The van der Waals surface area contributed by atoms with Gasteiger partial charge < -0.3 is 15.1 Å². The fourth-order valence-corrected chi connectivity index (χ4v) is 2.85. The van der Waals surface area contributed by atoms with Gasteiger partial charge in [-0.05, 0) is 30.9 Å². The molecule has 1 aromatic heterocycles. The number of aromatic nitrogens is 1.